The third kappa shape index (κ3) is 2.66. The van der Waals surface area contributed by atoms with Crippen LogP contribution in [-0.4, -0.2) is 21.1 Å². The molecule has 1 aliphatic rings. The lowest BCUT2D eigenvalue weighted by atomic mass is 10.1. The summed E-state index contributed by atoms with van der Waals surface area (Å²) in [4.78, 5) is 13.6. The van der Waals surface area contributed by atoms with Crippen molar-refractivity contribution in [1.29, 1.82) is 0 Å². The molecule has 0 unspecified atom stereocenters. The van der Waals surface area contributed by atoms with Crippen molar-refractivity contribution in [3.8, 4) is 5.75 Å². The Bertz CT molecular complexity index is 745. The highest BCUT2D eigenvalue weighted by Crippen LogP contribution is 2.22. The van der Waals surface area contributed by atoms with Crippen LogP contribution in [0.1, 0.15) is 11.3 Å². The Morgan fingerprint density at radius 1 is 1.29 bits per heavy atom. The molecular weight excluding hydrogens is 295 g/mol. The van der Waals surface area contributed by atoms with Gasteiger partial charge in [-0.2, -0.15) is 4.39 Å². The second-order valence-corrected chi connectivity index (χ2v) is 5.50. The van der Waals surface area contributed by atoms with E-state index in [9.17, 15) is 14.3 Å². The van der Waals surface area contributed by atoms with Crippen LogP contribution in [0.15, 0.2) is 35.1 Å². The van der Waals surface area contributed by atoms with Gasteiger partial charge >= 0.3 is 0 Å². The maximum absolute atomic E-state index is 13.8. The van der Waals surface area contributed by atoms with Gasteiger partial charge in [0, 0.05) is 43.0 Å². The zero-order valence-electron chi connectivity index (χ0n) is 11.2. The summed E-state index contributed by atoms with van der Waals surface area (Å²) in [7, 11) is 0. The van der Waals surface area contributed by atoms with Gasteiger partial charge in [-0.15, -0.1) is 0 Å². The Morgan fingerprint density at radius 3 is 2.81 bits per heavy atom. The van der Waals surface area contributed by atoms with Crippen LogP contribution in [-0.2, 0) is 19.6 Å². The average molecular weight is 309 g/mol. The Balaban J connectivity index is 1.85. The fourth-order valence-corrected chi connectivity index (χ4v) is 2.77. The molecule has 0 spiro atoms. The second-order valence-electron chi connectivity index (χ2n) is 5.09. The van der Waals surface area contributed by atoms with E-state index in [1.54, 1.807) is 0 Å². The molecule has 0 radical (unpaired) electrons. The Kier molecular flexibility index (Phi) is 3.69. The number of rotatable bonds is 2. The molecular formula is C15H14ClFN2O2. The van der Waals surface area contributed by atoms with Gasteiger partial charge in [0.1, 0.15) is 0 Å². The molecule has 3 rings (SSSR count). The maximum Gasteiger partial charge on any atom is 0.240 e. The van der Waals surface area contributed by atoms with E-state index in [0.717, 1.165) is 5.56 Å². The predicted molar refractivity (Wildman–Crippen MR) is 77.9 cm³/mol. The van der Waals surface area contributed by atoms with Crippen LogP contribution >= 0.6 is 11.6 Å². The summed E-state index contributed by atoms with van der Waals surface area (Å²) in [5.41, 5.74) is 0.876. The van der Waals surface area contributed by atoms with Crippen molar-refractivity contribution in [3.05, 3.63) is 62.8 Å². The van der Waals surface area contributed by atoms with Crippen LogP contribution in [0, 0.1) is 5.95 Å². The van der Waals surface area contributed by atoms with Crippen molar-refractivity contribution in [2.24, 2.45) is 0 Å². The van der Waals surface area contributed by atoms with Crippen molar-refractivity contribution in [2.75, 3.05) is 6.54 Å². The predicted octanol–water partition coefficient (Wildman–Crippen LogP) is 2.36. The zero-order valence-corrected chi connectivity index (χ0v) is 12.0. The van der Waals surface area contributed by atoms with Gasteiger partial charge in [-0.05, 0) is 11.6 Å². The van der Waals surface area contributed by atoms with Crippen molar-refractivity contribution in [3.63, 3.8) is 0 Å². The van der Waals surface area contributed by atoms with Gasteiger partial charge in [0.15, 0.2) is 0 Å². The van der Waals surface area contributed by atoms with Gasteiger partial charge in [0.2, 0.25) is 17.1 Å². The largest absolute Gasteiger partial charge is 0.501 e. The van der Waals surface area contributed by atoms with Crippen LogP contribution in [0.5, 0.6) is 5.75 Å². The van der Waals surface area contributed by atoms with Gasteiger partial charge in [-0.3, -0.25) is 9.69 Å². The fraction of sp³-hybridized carbons (Fsp3) is 0.267. The lowest BCUT2D eigenvalue weighted by Gasteiger charge is -2.30. The number of hydrogen-bond donors (Lipinski definition) is 1. The summed E-state index contributed by atoms with van der Waals surface area (Å²) in [6.45, 7) is 2.09. The van der Waals surface area contributed by atoms with E-state index in [2.05, 4.69) is 4.90 Å². The van der Waals surface area contributed by atoms with Gasteiger partial charge in [-0.1, -0.05) is 29.8 Å². The number of benzene rings is 1. The number of hydrogen-bond acceptors (Lipinski definition) is 3. The van der Waals surface area contributed by atoms with Crippen LogP contribution in [0.2, 0.25) is 5.02 Å². The topological polar surface area (TPSA) is 45.5 Å². The highest BCUT2D eigenvalue weighted by molar-refractivity contribution is 6.31. The molecule has 0 saturated heterocycles. The Hall–Kier alpha value is -1.85. The van der Waals surface area contributed by atoms with Crippen LogP contribution in [0.25, 0.3) is 0 Å². The third-order valence-electron chi connectivity index (χ3n) is 3.69. The van der Waals surface area contributed by atoms with E-state index >= 15 is 0 Å². The Morgan fingerprint density at radius 2 is 2.05 bits per heavy atom. The van der Waals surface area contributed by atoms with E-state index in [1.807, 2.05) is 24.3 Å². The van der Waals surface area contributed by atoms with E-state index in [0.29, 0.717) is 36.9 Å². The molecule has 1 N–H and O–H groups in total. The van der Waals surface area contributed by atoms with Gasteiger partial charge in [0.05, 0.1) is 0 Å². The van der Waals surface area contributed by atoms with Crippen molar-refractivity contribution >= 4 is 11.6 Å². The molecule has 110 valence electrons. The minimum absolute atomic E-state index is 0.388. The second kappa shape index (κ2) is 5.50. The molecule has 0 bridgehead atoms. The number of fused-ring (bicyclic) bond motifs is 1. The van der Waals surface area contributed by atoms with Crippen molar-refractivity contribution < 1.29 is 9.50 Å². The number of pyridine rings is 1. The molecule has 1 aliphatic heterocycles. The third-order valence-corrected chi connectivity index (χ3v) is 4.06. The number of halogens is 2. The molecule has 1 aromatic carbocycles. The number of aromatic nitrogens is 1. The highest BCUT2D eigenvalue weighted by Gasteiger charge is 2.21. The fourth-order valence-electron chi connectivity index (χ4n) is 2.58. The van der Waals surface area contributed by atoms with E-state index in [4.69, 9.17) is 11.6 Å². The molecule has 0 fully saturated rings. The maximum atomic E-state index is 13.8. The SMILES string of the molecule is O=c1cc2n(c(F)c1O)CCN(Cc1ccccc1Cl)C2. The standard InChI is InChI=1S/C15H14ClFN2O2/c16-12-4-2-1-3-10(12)8-18-5-6-19-11(9-18)7-13(20)14(21)15(19)17/h1-4,7,21H,5-6,8-9H2. The number of nitrogens with zero attached hydrogens (tertiary/aromatic N) is 2. The molecule has 2 aromatic rings. The molecule has 0 amide bonds. The quantitative estimate of drug-likeness (QED) is 0.866. The molecule has 0 aliphatic carbocycles. The number of aromatic hydroxyl groups is 1. The van der Waals surface area contributed by atoms with Crippen molar-refractivity contribution in [2.45, 2.75) is 19.6 Å². The monoisotopic (exact) mass is 308 g/mol. The first-order chi connectivity index (χ1) is 10.1. The molecule has 0 saturated carbocycles. The first kappa shape index (κ1) is 14.1. The van der Waals surface area contributed by atoms with Crippen molar-refractivity contribution in [1.82, 2.24) is 9.47 Å². The summed E-state index contributed by atoms with van der Waals surface area (Å²) in [6, 6.07) is 8.85. The summed E-state index contributed by atoms with van der Waals surface area (Å²) in [5.74, 6) is -1.66. The summed E-state index contributed by atoms with van der Waals surface area (Å²) in [6.07, 6.45) is 0. The Labute approximate surface area is 126 Å². The van der Waals surface area contributed by atoms with E-state index < -0.39 is 17.1 Å². The van der Waals surface area contributed by atoms with Crippen LogP contribution in [0.3, 0.4) is 0 Å². The highest BCUT2D eigenvalue weighted by atomic mass is 35.5. The minimum atomic E-state index is -0.852. The minimum Gasteiger partial charge on any atom is -0.501 e. The van der Waals surface area contributed by atoms with Crippen LogP contribution < -0.4 is 5.43 Å². The zero-order chi connectivity index (χ0) is 15.0. The molecule has 6 heteroatoms. The summed E-state index contributed by atoms with van der Waals surface area (Å²) < 4.78 is 15.2. The summed E-state index contributed by atoms with van der Waals surface area (Å²) in [5, 5.41) is 10.1. The molecule has 2 heterocycles. The average Bonchev–Trinajstić information content (AvgIpc) is 2.47. The smallest absolute Gasteiger partial charge is 0.240 e. The summed E-state index contributed by atoms with van der Waals surface area (Å²) >= 11 is 6.14. The van der Waals surface area contributed by atoms with Gasteiger partial charge in [-0.25, -0.2) is 0 Å². The van der Waals surface area contributed by atoms with Gasteiger partial charge in [0.25, 0.3) is 0 Å². The lowest BCUT2D eigenvalue weighted by molar-refractivity contribution is 0.198. The van der Waals surface area contributed by atoms with E-state index in [1.165, 1.54) is 10.6 Å². The first-order valence-electron chi connectivity index (χ1n) is 6.63. The molecule has 4 nitrogen and oxygen atoms in total. The van der Waals surface area contributed by atoms with Crippen LogP contribution in [0.4, 0.5) is 4.39 Å². The molecule has 1 aromatic heterocycles. The normalized spacial score (nSPS) is 15.0. The molecule has 0 atom stereocenters. The first-order valence-corrected chi connectivity index (χ1v) is 7.01. The van der Waals surface area contributed by atoms with E-state index in [-0.39, 0.29) is 0 Å². The van der Waals surface area contributed by atoms with Gasteiger partial charge < -0.3 is 9.67 Å². The lowest BCUT2D eigenvalue weighted by Crippen LogP contribution is -2.36. The molecule has 21 heavy (non-hydrogen) atoms.